The average Bonchev–Trinajstić information content (AvgIpc) is 3.33. The van der Waals surface area contributed by atoms with E-state index in [0.717, 1.165) is 6.07 Å². The summed E-state index contributed by atoms with van der Waals surface area (Å²) in [6, 6.07) is 15.0. The van der Waals surface area contributed by atoms with E-state index in [9.17, 15) is 22.8 Å². The Bertz CT molecular complexity index is 1650. The number of rotatable bonds is 5. The lowest BCUT2D eigenvalue weighted by Crippen LogP contribution is -2.42. The van der Waals surface area contributed by atoms with E-state index in [1.807, 2.05) is 0 Å². The van der Waals surface area contributed by atoms with Crippen LogP contribution < -0.4 is 5.32 Å². The molecule has 0 bridgehead atoms. The summed E-state index contributed by atoms with van der Waals surface area (Å²) in [6.07, 6.45) is -1.48. The molecule has 42 heavy (non-hydrogen) atoms. The number of hydrogen-bond acceptors (Lipinski definition) is 4. The van der Waals surface area contributed by atoms with Crippen LogP contribution in [0.3, 0.4) is 0 Å². The van der Waals surface area contributed by atoms with E-state index >= 15 is 4.39 Å². The molecule has 10 heteroatoms. The van der Waals surface area contributed by atoms with Gasteiger partial charge in [-0.2, -0.15) is 0 Å². The van der Waals surface area contributed by atoms with Gasteiger partial charge in [-0.05, 0) is 74.4 Å². The molecule has 0 unspecified atom stereocenters. The highest BCUT2D eigenvalue weighted by molar-refractivity contribution is 5.98. The number of likely N-dealkylation sites (tertiary alicyclic amines) is 1. The molecule has 1 N–H and O–H groups in total. The van der Waals surface area contributed by atoms with Crippen LogP contribution in [0.25, 0.3) is 33.2 Å². The van der Waals surface area contributed by atoms with E-state index in [2.05, 4.69) is 5.32 Å². The number of nitrogens with one attached hydrogen (secondary N) is 1. The molecule has 220 valence electrons. The fourth-order valence-electron chi connectivity index (χ4n) is 4.89. The van der Waals surface area contributed by atoms with Crippen molar-refractivity contribution in [3.63, 3.8) is 0 Å². The van der Waals surface area contributed by atoms with Crippen molar-refractivity contribution >= 4 is 23.0 Å². The number of fused-ring (bicyclic) bond motifs is 1. The number of alkyl halides is 2. The first-order valence-corrected chi connectivity index (χ1v) is 13.5. The molecular formula is C32H30F4N2O4. The first kappa shape index (κ1) is 29.2. The number of benzene rings is 3. The zero-order valence-corrected chi connectivity index (χ0v) is 23.4. The predicted molar refractivity (Wildman–Crippen MR) is 150 cm³/mol. The third-order valence-corrected chi connectivity index (χ3v) is 6.92. The van der Waals surface area contributed by atoms with E-state index in [4.69, 9.17) is 9.15 Å². The third-order valence-electron chi connectivity index (χ3n) is 6.92. The standard InChI is InChI=1S/C32H30F4N2O4/c1-31(2,3)42-30(40)37-18-24-15-22-13-21(16-26(28(22)41-24)19-5-4-6-23(33)14-19)25-8-7-20(17-27(25)34)29(39)38-11-9-32(35,36)10-12-38/h4-8,13-17H,9-12,18H2,1-3H3,(H,37,40). The molecule has 5 rings (SSSR count). The van der Waals surface area contributed by atoms with E-state index in [1.165, 1.54) is 29.2 Å². The van der Waals surface area contributed by atoms with Gasteiger partial charge >= 0.3 is 6.09 Å². The molecule has 4 aromatic rings. The van der Waals surface area contributed by atoms with Crippen LogP contribution in [0.15, 0.2) is 65.1 Å². The van der Waals surface area contributed by atoms with E-state index in [1.54, 1.807) is 51.1 Å². The number of hydrogen-bond donors (Lipinski definition) is 1. The molecule has 1 aromatic heterocycles. The number of halogens is 4. The fourth-order valence-corrected chi connectivity index (χ4v) is 4.89. The minimum Gasteiger partial charge on any atom is -0.459 e. The van der Waals surface area contributed by atoms with Gasteiger partial charge in [0, 0.05) is 48.0 Å². The minimum absolute atomic E-state index is 0.0229. The number of nitrogens with zero attached hydrogens (tertiary/aromatic N) is 1. The van der Waals surface area contributed by atoms with Crippen LogP contribution in [0.5, 0.6) is 0 Å². The highest BCUT2D eigenvalue weighted by Gasteiger charge is 2.36. The highest BCUT2D eigenvalue weighted by Crippen LogP contribution is 2.37. The number of furan rings is 1. The molecule has 0 saturated carbocycles. The largest absolute Gasteiger partial charge is 0.459 e. The zero-order chi connectivity index (χ0) is 30.2. The monoisotopic (exact) mass is 582 g/mol. The Labute approximate surface area is 240 Å². The molecule has 6 nitrogen and oxygen atoms in total. The van der Waals surface area contributed by atoms with Crippen molar-refractivity contribution in [2.75, 3.05) is 13.1 Å². The van der Waals surface area contributed by atoms with Crippen molar-refractivity contribution in [1.29, 1.82) is 0 Å². The van der Waals surface area contributed by atoms with Gasteiger partial charge in [0.2, 0.25) is 0 Å². The number of carbonyl (C=O) groups excluding carboxylic acids is 2. The Morgan fingerprint density at radius 3 is 2.36 bits per heavy atom. The van der Waals surface area contributed by atoms with E-state index < -0.39 is 48.0 Å². The number of piperidine rings is 1. The Balaban J connectivity index is 1.48. The quantitative estimate of drug-likeness (QED) is 0.243. The maximum Gasteiger partial charge on any atom is 0.408 e. The van der Waals surface area contributed by atoms with E-state index in [-0.39, 0.29) is 30.8 Å². The molecular weight excluding hydrogens is 552 g/mol. The highest BCUT2D eigenvalue weighted by atomic mass is 19.3. The molecule has 1 aliphatic rings. The lowest BCUT2D eigenvalue weighted by atomic mass is 9.95. The Kier molecular flexibility index (Phi) is 7.74. The number of alkyl carbamates (subject to hydrolysis) is 1. The van der Waals surface area contributed by atoms with Crippen molar-refractivity contribution in [2.24, 2.45) is 0 Å². The Morgan fingerprint density at radius 2 is 1.69 bits per heavy atom. The summed E-state index contributed by atoms with van der Waals surface area (Å²) >= 11 is 0. The van der Waals surface area contributed by atoms with Crippen LogP contribution in [0, 0.1) is 11.6 Å². The Morgan fingerprint density at radius 1 is 0.952 bits per heavy atom. The molecule has 2 amide bonds. The van der Waals surface area contributed by atoms with Crippen LogP contribution in [0.1, 0.15) is 49.7 Å². The smallest absolute Gasteiger partial charge is 0.408 e. The Hall–Kier alpha value is -4.34. The molecule has 0 spiro atoms. The van der Waals surface area contributed by atoms with Gasteiger partial charge in [0.1, 0.15) is 28.6 Å². The van der Waals surface area contributed by atoms with Gasteiger partial charge in [-0.3, -0.25) is 4.79 Å². The van der Waals surface area contributed by atoms with Gasteiger partial charge in [0.15, 0.2) is 0 Å². The fraction of sp³-hybridized carbons (Fsp3) is 0.312. The molecule has 1 fully saturated rings. The molecule has 3 aromatic carbocycles. The van der Waals surface area contributed by atoms with Crippen molar-refractivity contribution in [3.8, 4) is 22.3 Å². The van der Waals surface area contributed by atoms with Gasteiger partial charge in [-0.25, -0.2) is 22.4 Å². The summed E-state index contributed by atoms with van der Waals surface area (Å²) < 4.78 is 68.0. The number of ether oxygens (including phenoxy) is 1. The van der Waals surface area contributed by atoms with Gasteiger partial charge in [-0.15, -0.1) is 0 Å². The van der Waals surface area contributed by atoms with Gasteiger partial charge in [-0.1, -0.05) is 18.2 Å². The van der Waals surface area contributed by atoms with Crippen LogP contribution in [0.2, 0.25) is 0 Å². The lowest BCUT2D eigenvalue weighted by Gasteiger charge is -2.31. The van der Waals surface area contributed by atoms with Crippen molar-refractivity contribution in [3.05, 3.63) is 83.6 Å². The molecule has 0 radical (unpaired) electrons. The van der Waals surface area contributed by atoms with Crippen molar-refractivity contribution < 1.29 is 36.3 Å². The summed E-state index contributed by atoms with van der Waals surface area (Å²) in [7, 11) is 0. The summed E-state index contributed by atoms with van der Waals surface area (Å²) in [5, 5.41) is 3.22. The molecule has 2 heterocycles. The van der Waals surface area contributed by atoms with Gasteiger partial charge in [0.25, 0.3) is 11.8 Å². The molecule has 1 aliphatic heterocycles. The third kappa shape index (κ3) is 6.58. The molecule has 1 saturated heterocycles. The zero-order valence-electron chi connectivity index (χ0n) is 23.4. The summed E-state index contributed by atoms with van der Waals surface area (Å²) in [5.74, 6) is -4.05. The summed E-state index contributed by atoms with van der Waals surface area (Å²) in [6.45, 7) is 5.06. The maximum absolute atomic E-state index is 15.5. The van der Waals surface area contributed by atoms with Crippen LogP contribution >= 0.6 is 0 Å². The van der Waals surface area contributed by atoms with Crippen LogP contribution in [-0.2, 0) is 11.3 Å². The predicted octanol–water partition coefficient (Wildman–Crippen LogP) is 7.94. The van der Waals surface area contributed by atoms with Crippen molar-refractivity contribution in [1.82, 2.24) is 10.2 Å². The lowest BCUT2D eigenvalue weighted by molar-refractivity contribution is -0.0494. The number of carbonyl (C=O) groups is 2. The first-order valence-electron chi connectivity index (χ1n) is 13.5. The number of amides is 2. The summed E-state index contributed by atoms with van der Waals surface area (Å²) in [4.78, 5) is 26.3. The molecule has 0 aliphatic carbocycles. The second-order valence-corrected chi connectivity index (χ2v) is 11.4. The van der Waals surface area contributed by atoms with Crippen LogP contribution in [0.4, 0.5) is 22.4 Å². The van der Waals surface area contributed by atoms with Gasteiger partial charge < -0.3 is 19.4 Å². The SMILES string of the molecule is CC(C)(C)OC(=O)NCc1cc2cc(-c3ccc(C(=O)N4CCC(F)(F)CC4)cc3F)cc(-c3cccc(F)c3)c2o1. The second kappa shape index (κ2) is 11.2. The second-order valence-electron chi connectivity index (χ2n) is 11.4. The van der Waals surface area contributed by atoms with Crippen LogP contribution in [-0.4, -0.2) is 41.5 Å². The van der Waals surface area contributed by atoms with Gasteiger partial charge in [0.05, 0.1) is 6.54 Å². The first-order chi connectivity index (χ1) is 19.8. The molecule has 0 atom stereocenters. The topological polar surface area (TPSA) is 71.8 Å². The minimum atomic E-state index is -2.80. The maximum atomic E-state index is 15.5. The average molecular weight is 583 g/mol. The summed E-state index contributed by atoms with van der Waals surface area (Å²) in [5.41, 5.74) is 1.43. The van der Waals surface area contributed by atoms with E-state index in [0.29, 0.717) is 33.4 Å². The normalized spacial score (nSPS) is 15.1. The van der Waals surface area contributed by atoms with Crippen molar-refractivity contribution in [2.45, 2.75) is 51.7 Å².